The number of carboxylic acid groups (broad SMARTS) is 1. The molecule has 0 heterocycles. The van der Waals surface area contributed by atoms with Crippen molar-refractivity contribution in [2.45, 2.75) is 33.6 Å². The van der Waals surface area contributed by atoms with E-state index in [2.05, 4.69) is 18.7 Å². The van der Waals surface area contributed by atoms with Crippen molar-refractivity contribution in [2.75, 3.05) is 18.0 Å². The number of carboxylic acids is 1. The largest absolute Gasteiger partial charge is 0.478 e. The molecule has 3 nitrogen and oxygen atoms in total. The van der Waals surface area contributed by atoms with E-state index in [1.807, 2.05) is 19.1 Å². The lowest BCUT2D eigenvalue weighted by Crippen LogP contribution is -2.24. The standard InChI is InChI=1S/C14H21NO2/c1-4-6-9-15(5-2)12-7-8-13(14(16)17)11(3)10-12/h7-8,10H,4-6,9H2,1-3H3,(H,16,17). The van der Waals surface area contributed by atoms with Crippen molar-refractivity contribution >= 4 is 11.7 Å². The summed E-state index contributed by atoms with van der Waals surface area (Å²) in [7, 11) is 0. The van der Waals surface area contributed by atoms with Gasteiger partial charge in [0.05, 0.1) is 5.56 Å². The van der Waals surface area contributed by atoms with Crippen molar-refractivity contribution < 1.29 is 9.90 Å². The molecular formula is C14H21NO2. The normalized spacial score (nSPS) is 10.3. The van der Waals surface area contributed by atoms with Gasteiger partial charge in [0.2, 0.25) is 0 Å². The quantitative estimate of drug-likeness (QED) is 0.822. The van der Waals surface area contributed by atoms with Crippen LogP contribution in [-0.2, 0) is 0 Å². The minimum Gasteiger partial charge on any atom is -0.478 e. The average Bonchev–Trinajstić information content (AvgIpc) is 2.29. The molecule has 17 heavy (non-hydrogen) atoms. The van der Waals surface area contributed by atoms with Crippen LogP contribution in [0, 0.1) is 6.92 Å². The third-order valence-corrected chi connectivity index (χ3v) is 2.97. The third-order valence-electron chi connectivity index (χ3n) is 2.97. The highest BCUT2D eigenvalue weighted by Gasteiger charge is 2.09. The molecule has 94 valence electrons. The summed E-state index contributed by atoms with van der Waals surface area (Å²) in [6, 6.07) is 5.56. The van der Waals surface area contributed by atoms with Crippen molar-refractivity contribution in [3.63, 3.8) is 0 Å². The van der Waals surface area contributed by atoms with Gasteiger partial charge >= 0.3 is 5.97 Å². The van der Waals surface area contributed by atoms with Gasteiger partial charge in [-0.15, -0.1) is 0 Å². The first-order valence-electron chi connectivity index (χ1n) is 6.19. The van der Waals surface area contributed by atoms with Gasteiger partial charge in [-0.3, -0.25) is 0 Å². The van der Waals surface area contributed by atoms with Gasteiger partial charge in [-0.1, -0.05) is 13.3 Å². The van der Waals surface area contributed by atoms with Gasteiger partial charge < -0.3 is 10.0 Å². The van der Waals surface area contributed by atoms with Crippen molar-refractivity contribution in [2.24, 2.45) is 0 Å². The number of benzene rings is 1. The van der Waals surface area contributed by atoms with Gasteiger partial charge in [0.15, 0.2) is 0 Å². The molecule has 3 heteroatoms. The van der Waals surface area contributed by atoms with Crippen LogP contribution in [-0.4, -0.2) is 24.2 Å². The monoisotopic (exact) mass is 235 g/mol. The van der Waals surface area contributed by atoms with Crippen LogP contribution < -0.4 is 4.90 Å². The number of unbranched alkanes of at least 4 members (excludes halogenated alkanes) is 1. The lowest BCUT2D eigenvalue weighted by atomic mass is 10.1. The maximum atomic E-state index is 10.9. The highest BCUT2D eigenvalue weighted by Crippen LogP contribution is 2.19. The van der Waals surface area contributed by atoms with Crippen LogP contribution in [0.25, 0.3) is 0 Å². The molecule has 0 amide bonds. The predicted octanol–water partition coefficient (Wildman–Crippen LogP) is 3.32. The molecule has 1 aromatic rings. The molecule has 0 unspecified atom stereocenters. The summed E-state index contributed by atoms with van der Waals surface area (Å²) >= 11 is 0. The molecule has 0 saturated heterocycles. The highest BCUT2D eigenvalue weighted by atomic mass is 16.4. The predicted molar refractivity (Wildman–Crippen MR) is 70.9 cm³/mol. The maximum absolute atomic E-state index is 10.9. The minimum atomic E-state index is -0.856. The molecule has 0 saturated carbocycles. The lowest BCUT2D eigenvalue weighted by molar-refractivity contribution is 0.0696. The molecule has 1 N–H and O–H groups in total. The molecule has 0 spiro atoms. The maximum Gasteiger partial charge on any atom is 0.335 e. The van der Waals surface area contributed by atoms with Gasteiger partial charge in [0.1, 0.15) is 0 Å². The van der Waals surface area contributed by atoms with Crippen LogP contribution in [0.2, 0.25) is 0 Å². The Kier molecular flexibility index (Phi) is 5.01. The molecule has 1 aromatic carbocycles. The fourth-order valence-corrected chi connectivity index (χ4v) is 1.90. The van der Waals surface area contributed by atoms with Crippen LogP contribution in [0.15, 0.2) is 18.2 Å². The van der Waals surface area contributed by atoms with Gasteiger partial charge in [-0.05, 0) is 44.0 Å². The van der Waals surface area contributed by atoms with E-state index in [1.165, 1.54) is 6.42 Å². The van der Waals surface area contributed by atoms with Gasteiger partial charge in [0, 0.05) is 18.8 Å². The zero-order chi connectivity index (χ0) is 12.8. The summed E-state index contributed by atoms with van der Waals surface area (Å²) in [5.41, 5.74) is 2.33. The fourth-order valence-electron chi connectivity index (χ4n) is 1.90. The van der Waals surface area contributed by atoms with E-state index in [9.17, 15) is 4.79 Å². The Labute approximate surface area is 103 Å². The average molecular weight is 235 g/mol. The van der Waals surface area contributed by atoms with E-state index in [4.69, 9.17) is 5.11 Å². The first kappa shape index (κ1) is 13.6. The number of aromatic carboxylic acids is 1. The zero-order valence-electron chi connectivity index (χ0n) is 10.9. The van der Waals surface area contributed by atoms with Crippen LogP contribution in [0.3, 0.4) is 0 Å². The summed E-state index contributed by atoms with van der Waals surface area (Å²) in [4.78, 5) is 13.2. The minimum absolute atomic E-state index is 0.389. The summed E-state index contributed by atoms with van der Waals surface area (Å²) in [5.74, 6) is -0.856. The molecule has 0 aliphatic heterocycles. The van der Waals surface area contributed by atoms with E-state index in [1.54, 1.807) is 6.07 Å². The number of aryl methyl sites for hydroxylation is 1. The number of hydrogen-bond acceptors (Lipinski definition) is 2. The van der Waals surface area contributed by atoms with Crippen LogP contribution in [0.4, 0.5) is 5.69 Å². The summed E-state index contributed by atoms with van der Waals surface area (Å²) in [6.07, 6.45) is 2.33. The van der Waals surface area contributed by atoms with Crippen molar-refractivity contribution in [1.82, 2.24) is 0 Å². The SMILES string of the molecule is CCCCN(CC)c1ccc(C(=O)O)c(C)c1. The molecule has 0 fully saturated rings. The number of carbonyl (C=O) groups is 1. The van der Waals surface area contributed by atoms with Crippen molar-refractivity contribution in [1.29, 1.82) is 0 Å². The summed E-state index contributed by atoms with van der Waals surface area (Å²) in [5, 5.41) is 8.98. The Morgan fingerprint density at radius 2 is 2.06 bits per heavy atom. The molecule has 0 aliphatic carbocycles. The second-order valence-corrected chi connectivity index (χ2v) is 4.24. The van der Waals surface area contributed by atoms with Crippen LogP contribution in [0.1, 0.15) is 42.6 Å². The molecule has 0 aromatic heterocycles. The highest BCUT2D eigenvalue weighted by molar-refractivity contribution is 5.89. The second-order valence-electron chi connectivity index (χ2n) is 4.24. The van der Waals surface area contributed by atoms with E-state index in [0.29, 0.717) is 5.56 Å². The molecule has 0 aliphatic rings. The molecule has 1 rings (SSSR count). The Hall–Kier alpha value is -1.51. The Morgan fingerprint density at radius 3 is 2.53 bits per heavy atom. The third kappa shape index (κ3) is 3.48. The molecule has 0 atom stereocenters. The van der Waals surface area contributed by atoms with E-state index in [0.717, 1.165) is 30.8 Å². The Balaban J connectivity index is 2.90. The lowest BCUT2D eigenvalue weighted by Gasteiger charge is -2.23. The first-order valence-corrected chi connectivity index (χ1v) is 6.19. The Bertz CT molecular complexity index is 388. The fraction of sp³-hybridized carbons (Fsp3) is 0.500. The smallest absolute Gasteiger partial charge is 0.335 e. The van der Waals surface area contributed by atoms with Crippen LogP contribution in [0.5, 0.6) is 0 Å². The van der Waals surface area contributed by atoms with Gasteiger partial charge in [-0.25, -0.2) is 4.79 Å². The molecule has 0 bridgehead atoms. The summed E-state index contributed by atoms with van der Waals surface area (Å²) < 4.78 is 0. The van der Waals surface area contributed by atoms with Crippen LogP contribution >= 0.6 is 0 Å². The second kappa shape index (κ2) is 6.28. The van der Waals surface area contributed by atoms with Gasteiger partial charge in [-0.2, -0.15) is 0 Å². The number of nitrogens with zero attached hydrogens (tertiary/aromatic N) is 1. The van der Waals surface area contributed by atoms with E-state index in [-0.39, 0.29) is 0 Å². The number of hydrogen-bond donors (Lipinski definition) is 1. The van der Waals surface area contributed by atoms with E-state index >= 15 is 0 Å². The van der Waals surface area contributed by atoms with Crippen molar-refractivity contribution in [3.8, 4) is 0 Å². The first-order chi connectivity index (χ1) is 8.10. The van der Waals surface area contributed by atoms with E-state index < -0.39 is 5.97 Å². The van der Waals surface area contributed by atoms with Gasteiger partial charge in [0.25, 0.3) is 0 Å². The Morgan fingerprint density at radius 1 is 1.35 bits per heavy atom. The summed E-state index contributed by atoms with van der Waals surface area (Å²) in [6.45, 7) is 8.12. The van der Waals surface area contributed by atoms with Crippen molar-refractivity contribution in [3.05, 3.63) is 29.3 Å². The topological polar surface area (TPSA) is 40.5 Å². The number of rotatable bonds is 6. The zero-order valence-corrected chi connectivity index (χ0v) is 10.9. The number of anilines is 1. The molecule has 0 radical (unpaired) electrons. The molecular weight excluding hydrogens is 214 g/mol.